The summed E-state index contributed by atoms with van der Waals surface area (Å²) in [7, 11) is 0. The molecule has 2 aromatic rings. The predicted molar refractivity (Wildman–Crippen MR) is 104 cm³/mol. The molecule has 3 rings (SSSR count). The Bertz CT molecular complexity index is 906. The minimum atomic E-state index is -0.384. The zero-order valence-corrected chi connectivity index (χ0v) is 16.0. The van der Waals surface area contributed by atoms with E-state index in [0.717, 1.165) is 24.2 Å². The number of fused-ring (bicyclic) bond motifs is 1. The number of nitrogen functional groups attached to an aromatic ring is 1. The summed E-state index contributed by atoms with van der Waals surface area (Å²) in [5, 5.41) is 12.8. The van der Waals surface area contributed by atoms with Crippen molar-refractivity contribution < 1.29 is 9.53 Å². The maximum absolute atomic E-state index is 12.2. The van der Waals surface area contributed by atoms with Gasteiger partial charge in [0.15, 0.2) is 0 Å². The van der Waals surface area contributed by atoms with Crippen molar-refractivity contribution in [2.24, 2.45) is 0 Å². The first kappa shape index (κ1) is 19.4. The van der Waals surface area contributed by atoms with Crippen molar-refractivity contribution >= 4 is 17.9 Å². The molecular weight excluding hydrogens is 358 g/mol. The van der Waals surface area contributed by atoms with E-state index in [4.69, 9.17) is 10.5 Å². The fraction of sp³-hybridized carbons (Fsp3) is 0.421. The van der Waals surface area contributed by atoms with Crippen molar-refractivity contribution in [1.82, 2.24) is 19.9 Å². The van der Waals surface area contributed by atoms with Gasteiger partial charge in [-0.1, -0.05) is 6.92 Å². The molecule has 0 radical (unpaired) electrons. The van der Waals surface area contributed by atoms with Crippen LogP contribution in [0, 0.1) is 11.3 Å². The highest BCUT2D eigenvalue weighted by Crippen LogP contribution is 2.34. The highest BCUT2D eigenvalue weighted by molar-refractivity contribution is 5.79. The van der Waals surface area contributed by atoms with Crippen LogP contribution in [-0.2, 0) is 17.7 Å². The Morgan fingerprint density at radius 2 is 2.14 bits per heavy atom. The van der Waals surface area contributed by atoms with Crippen LogP contribution in [0.5, 0.6) is 0 Å². The number of nitrogens with two attached hydrogens (primary N) is 1. The summed E-state index contributed by atoms with van der Waals surface area (Å²) in [4.78, 5) is 26.8. The molecule has 0 spiro atoms. The normalized spacial score (nSPS) is 12.8. The van der Waals surface area contributed by atoms with Gasteiger partial charge in [-0.25, -0.2) is 19.7 Å². The van der Waals surface area contributed by atoms with Crippen LogP contribution in [-0.4, -0.2) is 45.6 Å². The average Bonchev–Trinajstić information content (AvgIpc) is 2.71. The second-order valence-electron chi connectivity index (χ2n) is 6.38. The first-order valence-corrected chi connectivity index (χ1v) is 9.28. The Morgan fingerprint density at radius 1 is 1.39 bits per heavy atom. The number of hydrogen-bond acceptors (Lipinski definition) is 8. The molecule has 0 fully saturated rings. The Balaban J connectivity index is 2.04. The quantitative estimate of drug-likeness (QED) is 0.807. The molecule has 0 aliphatic carbocycles. The van der Waals surface area contributed by atoms with E-state index in [0.29, 0.717) is 43.2 Å². The molecule has 9 nitrogen and oxygen atoms in total. The Hall–Kier alpha value is -3.41. The predicted octanol–water partition coefficient (Wildman–Crippen LogP) is 2.33. The zero-order chi connectivity index (χ0) is 20.1. The fourth-order valence-corrected chi connectivity index (χ4v) is 3.17. The topological polar surface area (TPSA) is 130 Å². The van der Waals surface area contributed by atoms with E-state index in [2.05, 4.69) is 33.3 Å². The van der Waals surface area contributed by atoms with E-state index in [1.807, 2.05) is 0 Å². The molecule has 1 aliphatic heterocycles. The number of aromatic nitrogens is 3. The van der Waals surface area contributed by atoms with Gasteiger partial charge in [0.2, 0.25) is 5.95 Å². The minimum Gasteiger partial charge on any atom is -0.450 e. The third kappa shape index (κ3) is 3.81. The van der Waals surface area contributed by atoms with Crippen LogP contribution in [0.25, 0.3) is 11.1 Å². The number of pyridine rings is 1. The Kier molecular flexibility index (Phi) is 5.89. The Morgan fingerprint density at radius 3 is 2.79 bits per heavy atom. The summed E-state index contributed by atoms with van der Waals surface area (Å²) in [5.74, 6) is 0.696. The number of hydrogen-bond donors (Lipinski definition) is 2. The summed E-state index contributed by atoms with van der Waals surface area (Å²) in [6.07, 6.45) is 4.43. The number of ether oxygens (including phenoxy) is 1. The number of carbonyl (C=O) groups excluding carboxylic acids is 1. The van der Waals surface area contributed by atoms with Gasteiger partial charge in [0.1, 0.15) is 17.5 Å². The molecule has 0 bridgehead atoms. The van der Waals surface area contributed by atoms with Crippen molar-refractivity contribution in [3.8, 4) is 17.2 Å². The lowest BCUT2D eigenvalue weighted by molar-refractivity contribution is 0.102. The zero-order valence-electron chi connectivity index (χ0n) is 16.0. The lowest BCUT2D eigenvalue weighted by atomic mass is 9.92. The number of nitrogens with one attached hydrogen (secondary N) is 1. The highest BCUT2D eigenvalue weighted by Gasteiger charge is 2.28. The van der Waals surface area contributed by atoms with E-state index >= 15 is 0 Å². The van der Waals surface area contributed by atoms with Gasteiger partial charge in [-0.15, -0.1) is 0 Å². The van der Waals surface area contributed by atoms with Gasteiger partial charge in [-0.2, -0.15) is 5.26 Å². The van der Waals surface area contributed by atoms with E-state index in [9.17, 15) is 10.1 Å². The number of nitrogens with zero attached hydrogens (tertiary/aromatic N) is 5. The molecule has 1 amide bonds. The number of carbonyl (C=O) groups is 1. The van der Waals surface area contributed by atoms with E-state index in [1.54, 1.807) is 24.2 Å². The second kappa shape index (κ2) is 8.52. The third-order valence-electron chi connectivity index (χ3n) is 4.49. The van der Waals surface area contributed by atoms with Crippen molar-refractivity contribution in [3.05, 3.63) is 29.2 Å². The van der Waals surface area contributed by atoms with Crippen LogP contribution in [0.2, 0.25) is 0 Å². The van der Waals surface area contributed by atoms with Crippen LogP contribution in [0.3, 0.4) is 0 Å². The van der Waals surface area contributed by atoms with Gasteiger partial charge in [-0.3, -0.25) is 0 Å². The SMILES string of the molecule is CCCNc1ncc(-c2c(C#N)c(N)nc3c2CN(C(=O)OCC)CC3)cn1. The highest BCUT2D eigenvalue weighted by atomic mass is 16.6. The van der Waals surface area contributed by atoms with Gasteiger partial charge < -0.3 is 20.7 Å². The smallest absolute Gasteiger partial charge is 0.410 e. The fourth-order valence-electron chi connectivity index (χ4n) is 3.17. The van der Waals surface area contributed by atoms with Crippen molar-refractivity contribution in [2.45, 2.75) is 33.2 Å². The van der Waals surface area contributed by atoms with Gasteiger partial charge in [0, 0.05) is 48.6 Å². The van der Waals surface area contributed by atoms with Crippen LogP contribution in [0.4, 0.5) is 16.6 Å². The molecular formula is C19H23N7O2. The van der Waals surface area contributed by atoms with Gasteiger partial charge in [0.25, 0.3) is 0 Å². The molecule has 146 valence electrons. The molecule has 0 unspecified atom stereocenters. The summed E-state index contributed by atoms with van der Waals surface area (Å²) in [6.45, 7) is 5.68. The Labute approximate surface area is 163 Å². The monoisotopic (exact) mass is 381 g/mol. The lowest BCUT2D eigenvalue weighted by Gasteiger charge is -2.29. The van der Waals surface area contributed by atoms with Crippen LogP contribution in [0.1, 0.15) is 37.1 Å². The van der Waals surface area contributed by atoms with Crippen molar-refractivity contribution in [1.29, 1.82) is 5.26 Å². The molecule has 3 N–H and O–H groups in total. The van der Waals surface area contributed by atoms with Gasteiger partial charge >= 0.3 is 6.09 Å². The lowest BCUT2D eigenvalue weighted by Crippen LogP contribution is -2.37. The molecule has 3 heterocycles. The van der Waals surface area contributed by atoms with E-state index in [-0.39, 0.29) is 17.5 Å². The summed E-state index contributed by atoms with van der Waals surface area (Å²) in [6, 6.07) is 2.14. The maximum atomic E-state index is 12.2. The molecule has 9 heteroatoms. The van der Waals surface area contributed by atoms with Gasteiger partial charge in [0.05, 0.1) is 18.8 Å². The third-order valence-corrected chi connectivity index (χ3v) is 4.49. The minimum absolute atomic E-state index is 0.175. The molecule has 0 saturated carbocycles. The molecule has 0 saturated heterocycles. The van der Waals surface area contributed by atoms with E-state index in [1.165, 1.54) is 0 Å². The summed E-state index contributed by atoms with van der Waals surface area (Å²) >= 11 is 0. The first-order chi connectivity index (χ1) is 13.6. The molecule has 1 aliphatic rings. The molecule has 28 heavy (non-hydrogen) atoms. The molecule has 0 atom stereocenters. The van der Waals surface area contributed by atoms with Crippen molar-refractivity contribution in [2.75, 3.05) is 30.7 Å². The molecule has 0 aromatic carbocycles. The van der Waals surface area contributed by atoms with Crippen LogP contribution in [0.15, 0.2) is 12.4 Å². The standard InChI is InChI=1S/C19H23N7O2/c1-3-6-22-18-23-9-12(10-24-18)16-13(8-20)17(21)25-15-5-7-26(11-14(15)16)19(27)28-4-2/h9-10H,3-7,11H2,1-2H3,(H2,21,25)(H,22,23,24). The van der Waals surface area contributed by atoms with Gasteiger partial charge in [-0.05, 0) is 13.3 Å². The summed E-state index contributed by atoms with van der Waals surface area (Å²) < 4.78 is 5.12. The number of rotatable bonds is 5. The number of anilines is 2. The van der Waals surface area contributed by atoms with Crippen LogP contribution >= 0.6 is 0 Å². The van der Waals surface area contributed by atoms with E-state index < -0.39 is 0 Å². The average molecular weight is 381 g/mol. The molecule has 2 aromatic heterocycles. The summed E-state index contributed by atoms with van der Waals surface area (Å²) in [5.41, 5.74) is 9.15. The van der Waals surface area contributed by atoms with Crippen LogP contribution < -0.4 is 11.1 Å². The number of amides is 1. The second-order valence-corrected chi connectivity index (χ2v) is 6.38. The first-order valence-electron chi connectivity index (χ1n) is 9.28. The number of nitriles is 1. The van der Waals surface area contributed by atoms with Crippen molar-refractivity contribution in [3.63, 3.8) is 0 Å². The maximum Gasteiger partial charge on any atom is 0.410 e. The largest absolute Gasteiger partial charge is 0.450 e.